The fraction of sp³-hybridized carbons (Fsp3) is 0.562. The zero-order valence-corrected chi connectivity index (χ0v) is 12.9. The van der Waals surface area contributed by atoms with E-state index < -0.39 is 0 Å². The standard InChI is InChI=1S/C14H20N2O.C2H6/c1-11-4-5-12(2)13(10-11)14(17)16-8-6-15(3)7-9-16;1-2/h4-5,10H,6-9H2,1-3H3;1-2H3. The van der Waals surface area contributed by atoms with E-state index in [1.165, 1.54) is 0 Å². The van der Waals surface area contributed by atoms with Crippen LogP contribution in [0.5, 0.6) is 0 Å². The number of carbonyl (C=O) groups excluding carboxylic acids is 1. The van der Waals surface area contributed by atoms with E-state index in [9.17, 15) is 4.79 Å². The quantitative estimate of drug-likeness (QED) is 0.777. The van der Waals surface area contributed by atoms with Crippen LogP contribution in [0.3, 0.4) is 0 Å². The number of likely N-dealkylation sites (N-methyl/N-ethyl adjacent to an activating group) is 1. The molecule has 1 aromatic rings. The second-order valence-electron chi connectivity index (χ2n) is 4.91. The van der Waals surface area contributed by atoms with Gasteiger partial charge in [0.1, 0.15) is 0 Å². The maximum absolute atomic E-state index is 12.4. The number of carbonyl (C=O) groups is 1. The van der Waals surface area contributed by atoms with Gasteiger partial charge in [0.2, 0.25) is 0 Å². The van der Waals surface area contributed by atoms with Crippen molar-refractivity contribution in [1.82, 2.24) is 9.80 Å². The Morgan fingerprint density at radius 3 is 2.21 bits per heavy atom. The summed E-state index contributed by atoms with van der Waals surface area (Å²) in [4.78, 5) is 16.6. The largest absolute Gasteiger partial charge is 0.336 e. The molecule has 1 fully saturated rings. The van der Waals surface area contributed by atoms with Crippen LogP contribution in [-0.4, -0.2) is 48.9 Å². The molecule has 0 aromatic heterocycles. The maximum atomic E-state index is 12.4. The second kappa shape index (κ2) is 7.29. The molecular weight excluding hydrogens is 236 g/mol. The fourth-order valence-electron chi connectivity index (χ4n) is 2.15. The van der Waals surface area contributed by atoms with Gasteiger partial charge in [-0.05, 0) is 32.5 Å². The van der Waals surface area contributed by atoms with Crippen molar-refractivity contribution in [1.29, 1.82) is 0 Å². The Hall–Kier alpha value is -1.35. The number of rotatable bonds is 1. The molecule has 0 radical (unpaired) electrons. The normalized spacial score (nSPS) is 15.7. The molecule has 3 nitrogen and oxygen atoms in total. The molecule has 1 amide bonds. The van der Waals surface area contributed by atoms with Crippen LogP contribution < -0.4 is 0 Å². The predicted octanol–water partition coefficient (Wildman–Crippen LogP) is 2.72. The van der Waals surface area contributed by atoms with E-state index in [0.717, 1.165) is 42.9 Å². The predicted molar refractivity (Wildman–Crippen MR) is 80.7 cm³/mol. The number of aryl methyl sites for hydroxylation is 2. The summed E-state index contributed by atoms with van der Waals surface area (Å²) in [5.74, 6) is 0.180. The lowest BCUT2D eigenvalue weighted by Gasteiger charge is -2.32. The highest BCUT2D eigenvalue weighted by molar-refractivity contribution is 5.95. The van der Waals surface area contributed by atoms with Gasteiger partial charge in [-0.25, -0.2) is 0 Å². The monoisotopic (exact) mass is 262 g/mol. The van der Waals surface area contributed by atoms with Gasteiger partial charge >= 0.3 is 0 Å². The molecule has 0 atom stereocenters. The molecular formula is C16H26N2O. The molecule has 2 rings (SSSR count). The number of benzene rings is 1. The molecule has 1 aliphatic rings. The van der Waals surface area contributed by atoms with E-state index in [2.05, 4.69) is 18.0 Å². The summed E-state index contributed by atoms with van der Waals surface area (Å²) in [7, 11) is 2.10. The van der Waals surface area contributed by atoms with Crippen molar-refractivity contribution in [3.8, 4) is 0 Å². The first kappa shape index (κ1) is 15.7. The molecule has 1 saturated heterocycles. The Kier molecular flexibility index (Phi) is 6.03. The highest BCUT2D eigenvalue weighted by Gasteiger charge is 2.21. The Balaban J connectivity index is 0.000000861. The zero-order valence-electron chi connectivity index (χ0n) is 12.9. The number of amides is 1. The third kappa shape index (κ3) is 4.06. The van der Waals surface area contributed by atoms with Crippen LogP contribution in [0.25, 0.3) is 0 Å². The zero-order chi connectivity index (χ0) is 14.4. The van der Waals surface area contributed by atoms with Crippen molar-refractivity contribution in [2.45, 2.75) is 27.7 Å². The number of nitrogens with zero attached hydrogens (tertiary/aromatic N) is 2. The SMILES string of the molecule is CC.Cc1ccc(C)c(C(=O)N2CCN(C)CC2)c1. The Morgan fingerprint density at radius 2 is 1.63 bits per heavy atom. The first-order chi connectivity index (χ1) is 9.08. The van der Waals surface area contributed by atoms with E-state index >= 15 is 0 Å². The molecule has 1 aromatic carbocycles. The summed E-state index contributed by atoms with van der Waals surface area (Å²) < 4.78 is 0. The van der Waals surface area contributed by atoms with Crippen LogP contribution in [0.15, 0.2) is 18.2 Å². The van der Waals surface area contributed by atoms with Gasteiger partial charge in [-0.1, -0.05) is 31.5 Å². The number of hydrogen-bond donors (Lipinski definition) is 0. The van der Waals surface area contributed by atoms with Gasteiger partial charge in [-0.15, -0.1) is 0 Å². The van der Waals surface area contributed by atoms with Crippen LogP contribution in [-0.2, 0) is 0 Å². The smallest absolute Gasteiger partial charge is 0.254 e. The van der Waals surface area contributed by atoms with Crippen molar-refractivity contribution in [3.05, 3.63) is 34.9 Å². The molecule has 1 aliphatic heterocycles. The van der Waals surface area contributed by atoms with Crippen molar-refractivity contribution in [2.24, 2.45) is 0 Å². The minimum atomic E-state index is 0.180. The van der Waals surface area contributed by atoms with Crippen molar-refractivity contribution < 1.29 is 4.79 Å². The van der Waals surface area contributed by atoms with Gasteiger partial charge in [0, 0.05) is 31.7 Å². The van der Waals surface area contributed by atoms with Gasteiger partial charge in [0.15, 0.2) is 0 Å². The first-order valence-corrected chi connectivity index (χ1v) is 7.13. The van der Waals surface area contributed by atoms with Gasteiger partial charge in [0.05, 0.1) is 0 Å². The van der Waals surface area contributed by atoms with Crippen molar-refractivity contribution in [2.75, 3.05) is 33.2 Å². The average molecular weight is 262 g/mol. The van der Waals surface area contributed by atoms with Crippen LogP contribution in [0, 0.1) is 13.8 Å². The molecule has 3 heteroatoms. The third-order valence-corrected chi connectivity index (χ3v) is 3.41. The summed E-state index contributed by atoms with van der Waals surface area (Å²) >= 11 is 0. The summed E-state index contributed by atoms with van der Waals surface area (Å²) in [6, 6.07) is 6.07. The Labute approximate surface area is 117 Å². The first-order valence-electron chi connectivity index (χ1n) is 7.13. The van der Waals surface area contributed by atoms with Crippen molar-refractivity contribution >= 4 is 5.91 Å². The number of piperazine rings is 1. The summed E-state index contributed by atoms with van der Waals surface area (Å²) in [6.45, 7) is 11.6. The van der Waals surface area contributed by atoms with Crippen molar-refractivity contribution in [3.63, 3.8) is 0 Å². The summed E-state index contributed by atoms with van der Waals surface area (Å²) in [5.41, 5.74) is 3.07. The van der Waals surface area contributed by atoms with Crippen LogP contribution in [0.1, 0.15) is 35.3 Å². The van der Waals surface area contributed by atoms with E-state index in [0.29, 0.717) is 0 Å². The second-order valence-corrected chi connectivity index (χ2v) is 4.91. The Morgan fingerprint density at radius 1 is 1.05 bits per heavy atom. The van der Waals surface area contributed by atoms with Crippen LogP contribution in [0.2, 0.25) is 0 Å². The minimum absolute atomic E-state index is 0.180. The highest BCUT2D eigenvalue weighted by Crippen LogP contribution is 2.14. The molecule has 0 spiro atoms. The van der Waals surface area contributed by atoms with Crippen LogP contribution >= 0.6 is 0 Å². The number of hydrogen-bond acceptors (Lipinski definition) is 2. The highest BCUT2D eigenvalue weighted by atomic mass is 16.2. The molecule has 0 bridgehead atoms. The molecule has 1 heterocycles. The summed E-state index contributed by atoms with van der Waals surface area (Å²) in [6.07, 6.45) is 0. The van der Waals surface area contributed by atoms with Gasteiger partial charge in [-0.3, -0.25) is 4.79 Å². The van der Waals surface area contributed by atoms with E-state index in [4.69, 9.17) is 0 Å². The molecule has 19 heavy (non-hydrogen) atoms. The van der Waals surface area contributed by atoms with Crippen LogP contribution in [0.4, 0.5) is 0 Å². The van der Waals surface area contributed by atoms with E-state index in [1.54, 1.807) is 0 Å². The molecule has 0 saturated carbocycles. The lowest BCUT2D eigenvalue weighted by molar-refractivity contribution is 0.0663. The minimum Gasteiger partial charge on any atom is -0.336 e. The molecule has 0 N–H and O–H groups in total. The molecule has 0 unspecified atom stereocenters. The Bertz CT molecular complexity index is 421. The van der Waals surface area contributed by atoms with Gasteiger partial charge in [0.25, 0.3) is 5.91 Å². The van der Waals surface area contributed by atoms with E-state index in [1.807, 2.05) is 44.7 Å². The van der Waals surface area contributed by atoms with Gasteiger partial charge < -0.3 is 9.80 Å². The topological polar surface area (TPSA) is 23.6 Å². The third-order valence-electron chi connectivity index (χ3n) is 3.41. The lowest BCUT2D eigenvalue weighted by atomic mass is 10.0. The maximum Gasteiger partial charge on any atom is 0.254 e. The van der Waals surface area contributed by atoms with Gasteiger partial charge in [-0.2, -0.15) is 0 Å². The molecule has 0 aliphatic carbocycles. The fourth-order valence-corrected chi connectivity index (χ4v) is 2.15. The average Bonchev–Trinajstić information content (AvgIpc) is 2.44. The lowest BCUT2D eigenvalue weighted by Crippen LogP contribution is -2.47. The van der Waals surface area contributed by atoms with E-state index in [-0.39, 0.29) is 5.91 Å². The summed E-state index contributed by atoms with van der Waals surface area (Å²) in [5, 5.41) is 0. The molecule has 106 valence electrons.